The number of aryl methyl sites for hydroxylation is 1. The van der Waals surface area contributed by atoms with Crippen molar-refractivity contribution in [3.8, 4) is 5.75 Å². The van der Waals surface area contributed by atoms with E-state index in [1.54, 1.807) is 37.6 Å². The van der Waals surface area contributed by atoms with E-state index in [0.717, 1.165) is 5.56 Å². The smallest absolute Gasteiger partial charge is 0.316 e. The molecular weight excluding hydrogens is 246 g/mol. The topological polar surface area (TPSA) is 79.2 Å². The number of rotatable bonds is 3. The fourth-order valence-corrected chi connectivity index (χ4v) is 1.79. The molecule has 0 aliphatic rings. The van der Waals surface area contributed by atoms with Gasteiger partial charge in [0, 0.05) is 19.4 Å². The quantitative estimate of drug-likeness (QED) is 0.631. The number of hydrogen-bond acceptors (Lipinski definition) is 4. The van der Waals surface area contributed by atoms with Crippen LogP contribution in [0.1, 0.15) is 5.56 Å². The number of ether oxygens (including phenoxy) is 1. The van der Waals surface area contributed by atoms with Gasteiger partial charge in [0.2, 0.25) is 0 Å². The van der Waals surface area contributed by atoms with Gasteiger partial charge in [-0.2, -0.15) is 0 Å². The standard InChI is InChI=1S/C13H15N3O3/c1-15-5-6-16(13(18)12(15)17)8-9-3-4-11(19-2)10(14)7-9/h3-7H,8,14H2,1-2H3. The van der Waals surface area contributed by atoms with Crippen molar-refractivity contribution in [2.24, 2.45) is 7.05 Å². The van der Waals surface area contributed by atoms with Crippen molar-refractivity contribution in [2.45, 2.75) is 6.54 Å². The van der Waals surface area contributed by atoms with Crippen LogP contribution >= 0.6 is 0 Å². The Morgan fingerprint density at radius 1 is 1.21 bits per heavy atom. The van der Waals surface area contributed by atoms with Crippen LogP contribution < -0.4 is 21.6 Å². The zero-order chi connectivity index (χ0) is 14.0. The first-order chi connectivity index (χ1) is 9.02. The van der Waals surface area contributed by atoms with E-state index in [0.29, 0.717) is 18.0 Å². The van der Waals surface area contributed by atoms with Crippen LogP contribution in [0.2, 0.25) is 0 Å². The van der Waals surface area contributed by atoms with Crippen molar-refractivity contribution < 1.29 is 4.74 Å². The summed E-state index contributed by atoms with van der Waals surface area (Å²) in [7, 11) is 3.08. The third-order valence-corrected chi connectivity index (χ3v) is 2.88. The van der Waals surface area contributed by atoms with E-state index in [1.165, 1.54) is 16.2 Å². The van der Waals surface area contributed by atoms with E-state index in [-0.39, 0.29) is 0 Å². The van der Waals surface area contributed by atoms with Crippen LogP contribution in [0.4, 0.5) is 5.69 Å². The number of methoxy groups -OCH3 is 1. The van der Waals surface area contributed by atoms with Crippen LogP contribution in [0, 0.1) is 0 Å². The summed E-state index contributed by atoms with van der Waals surface area (Å²) in [5, 5.41) is 0. The fourth-order valence-electron chi connectivity index (χ4n) is 1.79. The maximum atomic E-state index is 11.8. The first-order valence-electron chi connectivity index (χ1n) is 5.71. The molecule has 2 rings (SSSR count). The normalized spacial score (nSPS) is 10.4. The van der Waals surface area contributed by atoms with Crippen LogP contribution in [-0.4, -0.2) is 16.2 Å². The Hall–Kier alpha value is -2.50. The van der Waals surface area contributed by atoms with Gasteiger partial charge in [0.1, 0.15) is 5.75 Å². The van der Waals surface area contributed by atoms with E-state index < -0.39 is 11.1 Å². The molecule has 6 heteroatoms. The molecule has 0 radical (unpaired) electrons. The first-order valence-corrected chi connectivity index (χ1v) is 5.71. The lowest BCUT2D eigenvalue weighted by atomic mass is 10.2. The molecule has 100 valence electrons. The fraction of sp³-hybridized carbons (Fsp3) is 0.231. The van der Waals surface area contributed by atoms with Crippen LogP contribution in [0.15, 0.2) is 40.2 Å². The minimum atomic E-state index is -0.556. The van der Waals surface area contributed by atoms with Crippen LogP contribution in [0.5, 0.6) is 5.75 Å². The van der Waals surface area contributed by atoms with Crippen molar-refractivity contribution in [3.63, 3.8) is 0 Å². The van der Waals surface area contributed by atoms with Crippen molar-refractivity contribution in [2.75, 3.05) is 12.8 Å². The molecule has 6 nitrogen and oxygen atoms in total. The molecular formula is C13H15N3O3. The number of nitrogen functional groups attached to an aromatic ring is 1. The highest BCUT2D eigenvalue weighted by Crippen LogP contribution is 2.21. The summed E-state index contributed by atoms with van der Waals surface area (Å²) in [5.74, 6) is 0.583. The molecule has 0 fully saturated rings. The van der Waals surface area contributed by atoms with Crippen molar-refractivity contribution in [3.05, 3.63) is 56.9 Å². The molecule has 0 amide bonds. The van der Waals surface area contributed by atoms with E-state index >= 15 is 0 Å². The number of nitrogens with zero attached hydrogens (tertiary/aromatic N) is 2. The Morgan fingerprint density at radius 2 is 1.95 bits per heavy atom. The lowest BCUT2D eigenvalue weighted by molar-refractivity contribution is 0.417. The molecule has 0 atom stereocenters. The van der Waals surface area contributed by atoms with Crippen molar-refractivity contribution >= 4 is 5.69 Å². The molecule has 0 spiro atoms. The maximum absolute atomic E-state index is 11.8. The third kappa shape index (κ3) is 2.52. The Bertz CT molecular complexity index is 716. The third-order valence-electron chi connectivity index (χ3n) is 2.88. The molecule has 2 N–H and O–H groups in total. The summed E-state index contributed by atoms with van der Waals surface area (Å²) in [4.78, 5) is 23.3. The molecule has 2 aromatic rings. The van der Waals surface area contributed by atoms with Gasteiger partial charge in [-0.1, -0.05) is 6.07 Å². The van der Waals surface area contributed by atoms with Gasteiger partial charge in [-0.15, -0.1) is 0 Å². The summed E-state index contributed by atoms with van der Waals surface area (Å²) in [6.07, 6.45) is 3.13. The average molecular weight is 261 g/mol. The van der Waals surface area contributed by atoms with Gasteiger partial charge in [0.15, 0.2) is 0 Å². The van der Waals surface area contributed by atoms with Crippen LogP contribution in [-0.2, 0) is 13.6 Å². The van der Waals surface area contributed by atoms with Gasteiger partial charge < -0.3 is 19.6 Å². The number of aromatic nitrogens is 2. The zero-order valence-corrected chi connectivity index (χ0v) is 10.8. The van der Waals surface area contributed by atoms with E-state index in [9.17, 15) is 9.59 Å². The minimum Gasteiger partial charge on any atom is -0.495 e. The van der Waals surface area contributed by atoms with Gasteiger partial charge >= 0.3 is 11.1 Å². The van der Waals surface area contributed by atoms with Crippen LogP contribution in [0.25, 0.3) is 0 Å². The summed E-state index contributed by atoms with van der Waals surface area (Å²) in [6, 6.07) is 5.26. The number of benzene rings is 1. The summed E-state index contributed by atoms with van der Waals surface area (Å²) < 4.78 is 7.66. The largest absolute Gasteiger partial charge is 0.495 e. The zero-order valence-electron chi connectivity index (χ0n) is 10.8. The van der Waals surface area contributed by atoms with E-state index in [4.69, 9.17) is 10.5 Å². The van der Waals surface area contributed by atoms with Gasteiger partial charge in [0.25, 0.3) is 0 Å². The van der Waals surface area contributed by atoms with Crippen molar-refractivity contribution in [1.29, 1.82) is 0 Å². The van der Waals surface area contributed by atoms with Crippen LogP contribution in [0.3, 0.4) is 0 Å². The Kier molecular flexibility index (Phi) is 3.41. The molecule has 0 bridgehead atoms. The van der Waals surface area contributed by atoms with Crippen molar-refractivity contribution in [1.82, 2.24) is 9.13 Å². The highest BCUT2D eigenvalue weighted by molar-refractivity contribution is 5.54. The molecule has 1 aromatic heterocycles. The molecule has 1 aromatic carbocycles. The molecule has 0 unspecified atom stereocenters. The summed E-state index contributed by atoms with van der Waals surface area (Å²) in [5.41, 5.74) is 6.02. The molecule has 1 heterocycles. The first kappa shape index (κ1) is 12.9. The molecule has 19 heavy (non-hydrogen) atoms. The second-order valence-electron chi connectivity index (χ2n) is 4.22. The highest BCUT2D eigenvalue weighted by Gasteiger charge is 2.05. The molecule has 0 aliphatic heterocycles. The lowest BCUT2D eigenvalue weighted by Gasteiger charge is -2.09. The summed E-state index contributed by atoms with van der Waals surface area (Å²) in [6.45, 7) is 0.295. The van der Waals surface area contributed by atoms with Gasteiger partial charge in [0.05, 0.1) is 19.3 Å². The second-order valence-corrected chi connectivity index (χ2v) is 4.22. The lowest BCUT2D eigenvalue weighted by Crippen LogP contribution is -2.39. The summed E-state index contributed by atoms with van der Waals surface area (Å²) >= 11 is 0. The van der Waals surface area contributed by atoms with E-state index in [2.05, 4.69) is 0 Å². The molecule has 0 saturated carbocycles. The van der Waals surface area contributed by atoms with E-state index in [1.807, 2.05) is 0 Å². The average Bonchev–Trinajstić information content (AvgIpc) is 2.40. The Balaban J connectivity index is 2.37. The van der Waals surface area contributed by atoms with Gasteiger partial charge in [-0.3, -0.25) is 9.59 Å². The highest BCUT2D eigenvalue weighted by atomic mass is 16.5. The molecule has 0 aliphatic carbocycles. The predicted octanol–water partition coefficient (Wildman–Crippen LogP) is 0.186. The predicted molar refractivity (Wildman–Crippen MR) is 72.5 cm³/mol. The Labute approximate surface area is 109 Å². The SMILES string of the molecule is COc1ccc(Cn2ccn(C)c(=O)c2=O)cc1N. The number of anilines is 1. The van der Waals surface area contributed by atoms with Gasteiger partial charge in [-0.25, -0.2) is 0 Å². The molecule has 0 saturated heterocycles. The number of hydrogen-bond donors (Lipinski definition) is 1. The Morgan fingerprint density at radius 3 is 2.58 bits per heavy atom. The maximum Gasteiger partial charge on any atom is 0.316 e. The second kappa shape index (κ2) is 5.01. The van der Waals surface area contributed by atoms with Gasteiger partial charge in [-0.05, 0) is 17.7 Å². The minimum absolute atomic E-state index is 0.295. The number of nitrogens with two attached hydrogens (primary N) is 1. The monoisotopic (exact) mass is 261 g/mol.